The monoisotopic (exact) mass is 1160 g/mol. The van der Waals surface area contributed by atoms with Crippen LogP contribution in [0.4, 0.5) is 41.0 Å². The van der Waals surface area contributed by atoms with Crippen molar-refractivity contribution in [3.63, 3.8) is 0 Å². The number of ether oxygens (including phenoxy) is 8. The van der Waals surface area contributed by atoms with Crippen LogP contribution in [0.25, 0.3) is 0 Å². The minimum absolute atomic E-state index is 0.165. The molecule has 0 atom stereocenters. The lowest BCUT2D eigenvalue weighted by atomic mass is 10.1. The van der Waals surface area contributed by atoms with Gasteiger partial charge in [0, 0.05) is 60.2 Å². The van der Waals surface area contributed by atoms with Gasteiger partial charge in [0.2, 0.25) is 17.8 Å². The number of rotatable bonds is 23. The van der Waals surface area contributed by atoms with E-state index in [1.807, 2.05) is 171 Å². The van der Waals surface area contributed by atoms with E-state index in [-0.39, 0.29) is 11.9 Å². The van der Waals surface area contributed by atoms with Crippen LogP contribution in [-0.2, 0) is 39.1 Å². The van der Waals surface area contributed by atoms with Gasteiger partial charge in [-0.25, -0.2) is 15.0 Å². The topological polar surface area (TPSA) is 293 Å². The first-order chi connectivity index (χ1) is 41.9. The molecule has 3 heterocycles. The third kappa shape index (κ3) is 18.2. The van der Waals surface area contributed by atoms with Crippen LogP contribution in [0.1, 0.15) is 57.0 Å². The highest BCUT2D eigenvalue weighted by molar-refractivity contribution is 5.56. The zero-order valence-electron chi connectivity index (χ0n) is 48.6. The molecule has 7 aromatic carbocycles. The molecular weight excluding hydrogens is 1090 g/mol. The Labute approximate surface area is 500 Å². The van der Waals surface area contributed by atoms with Crippen molar-refractivity contribution in [3.05, 3.63) is 232 Å². The van der Waals surface area contributed by atoms with Gasteiger partial charge in [-0.3, -0.25) is 0 Å². The summed E-state index contributed by atoms with van der Waals surface area (Å²) in [5, 5.41) is 3.15. The summed E-state index contributed by atoms with van der Waals surface area (Å²) >= 11 is 0. The molecule has 0 amide bonds. The maximum Gasteiger partial charge on any atom is 0.229 e. The number of nitrogens with two attached hydrogens (primary N) is 5. The Morgan fingerprint density at radius 2 is 0.756 bits per heavy atom. The zero-order valence-corrected chi connectivity index (χ0v) is 48.6. The van der Waals surface area contributed by atoms with Gasteiger partial charge in [0.1, 0.15) is 60.3 Å². The van der Waals surface area contributed by atoms with Crippen LogP contribution in [0.3, 0.4) is 0 Å². The number of anilines is 7. The summed E-state index contributed by atoms with van der Waals surface area (Å²) < 4.78 is 44.5. The van der Waals surface area contributed by atoms with Crippen LogP contribution < -0.4 is 71.9 Å². The molecule has 0 saturated heterocycles. The normalized spacial score (nSPS) is 10.5. The lowest BCUT2D eigenvalue weighted by Crippen LogP contribution is -2.05. The molecule has 0 spiro atoms. The number of hydrogen-bond donors (Lipinski definition) is 6. The smallest absolute Gasteiger partial charge is 0.229 e. The van der Waals surface area contributed by atoms with Crippen LogP contribution in [0.15, 0.2) is 182 Å². The van der Waals surface area contributed by atoms with Crippen LogP contribution in [-0.4, -0.2) is 64.9 Å². The largest absolute Gasteiger partial charge is 0.497 e. The molecule has 20 nitrogen and oxygen atoms in total. The van der Waals surface area contributed by atoms with Crippen molar-refractivity contribution < 1.29 is 37.9 Å². The van der Waals surface area contributed by atoms with Crippen molar-refractivity contribution in [2.24, 2.45) is 0 Å². The minimum atomic E-state index is 0.165. The van der Waals surface area contributed by atoms with Gasteiger partial charge < -0.3 is 71.9 Å². The number of hydrogen-bond acceptors (Lipinski definition) is 20. The number of benzene rings is 7. The number of para-hydroxylation sites is 1. The lowest BCUT2D eigenvalue weighted by Gasteiger charge is -2.14. The van der Waals surface area contributed by atoms with Crippen LogP contribution >= 0.6 is 0 Å². The number of nitrogens with zero attached hydrogens (tertiary/aromatic N) is 6. The predicted octanol–water partition coefficient (Wildman–Crippen LogP) is 11.0. The van der Waals surface area contributed by atoms with Gasteiger partial charge in [-0.1, -0.05) is 78.9 Å². The predicted molar refractivity (Wildman–Crippen MR) is 335 cm³/mol. The molecule has 0 aliphatic carbocycles. The molecule has 86 heavy (non-hydrogen) atoms. The van der Waals surface area contributed by atoms with E-state index in [2.05, 4.69) is 35.2 Å². The fraction of sp³-hybridized carbons (Fsp3) is 0.182. The molecule has 3 aromatic heterocycles. The molecule has 0 fully saturated rings. The van der Waals surface area contributed by atoms with Crippen molar-refractivity contribution in [2.75, 3.05) is 69.0 Å². The van der Waals surface area contributed by atoms with Crippen molar-refractivity contribution in [2.45, 2.75) is 46.0 Å². The quantitative estimate of drug-likeness (QED) is 0.0347. The lowest BCUT2D eigenvalue weighted by molar-refractivity contribution is 0.269. The summed E-state index contributed by atoms with van der Waals surface area (Å²) in [5.74, 6) is 7.99. The second kappa shape index (κ2) is 30.9. The van der Waals surface area contributed by atoms with E-state index in [9.17, 15) is 0 Å². The minimum Gasteiger partial charge on any atom is -0.497 e. The van der Waals surface area contributed by atoms with Gasteiger partial charge in [-0.2, -0.15) is 15.0 Å². The summed E-state index contributed by atoms with van der Waals surface area (Å²) in [5.41, 5.74) is 38.7. The summed E-state index contributed by atoms with van der Waals surface area (Å²) in [6.07, 6.45) is 6.84. The molecule has 11 N–H and O–H groups in total. The average molecular weight is 1160 g/mol. The molecule has 10 aromatic rings. The summed E-state index contributed by atoms with van der Waals surface area (Å²) in [7, 11) is 6.57. The summed E-state index contributed by atoms with van der Waals surface area (Å²) in [6.45, 7) is 3.84. The van der Waals surface area contributed by atoms with Crippen molar-refractivity contribution in [1.29, 1.82) is 0 Å². The third-order valence-electron chi connectivity index (χ3n) is 13.1. The van der Waals surface area contributed by atoms with E-state index in [1.165, 1.54) is 0 Å². The Hall–Kier alpha value is -11.0. The van der Waals surface area contributed by atoms with E-state index in [4.69, 9.17) is 66.6 Å². The Morgan fingerprint density at radius 3 is 1.20 bits per heavy atom. The molecule has 0 aliphatic heterocycles. The van der Waals surface area contributed by atoms with Crippen LogP contribution in [0.2, 0.25) is 0 Å². The van der Waals surface area contributed by atoms with Gasteiger partial charge >= 0.3 is 0 Å². The van der Waals surface area contributed by atoms with Gasteiger partial charge in [-0.05, 0) is 125 Å². The first-order valence-corrected chi connectivity index (χ1v) is 27.3. The average Bonchev–Trinajstić information content (AvgIpc) is 3.60. The van der Waals surface area contributed by atoms with Crippen LogP contribution in [0.5, 0.6) is 46.0 Å². The second-order valence-corrected chi connectivity index (χ2v) is 19.2. The molecule has 0 bridgehead atoms. The number of nitrogens with one attached hydrogen (secondary N) is 1. The van der Waals surface area contributed by atoms with Crippen molar-refractivity contribution in [1.82, 2.24) is 29.9 Å². The van der Waals surface area contributed by atoms with E-state index < -0.39 is 0 Å². The highest BCUT2D eigenvalue weighted by atomic mass is 16.5. The second-order valence-electron chi connectivity index (χ2n) is 19.2. The Morgan fingerprint density at radius 1 is 0.360 bits per heavy atom. The van der Waals surface area contributed by atoms with E-state index in [0.717, 1.165) is 78.8 Å². The first-order valence-electron chi connectivity index (χ1n) is 27.3. The third-order valence-corrected chi connectivity index (χ3v) is 13.1. The highest BCUT2D eigenvalue weighted by Gasteiger charge is 2.13. The van der Waals surface area contributed by atoms with Gasteiger partial charge in [0.15, 0.2) is 23.0 Å². The number of aromatic nitrogens is 6. The SMILES string of the molecule is CCOc1cc(Cc2cnc(N)nc2N)ccc1OCc1ccc(OC)cc1.COc1ccc(COc2ccc(Cc3cnc(N)nc3N)cc2)cc1.COc1ccc(COc2ccc(Cc3cnc(Nc4ccccc4)nc3N)cc2OC)cc1. The Balaban J connectivity index is 0.000000169. The summed E-state index contributed by atoms with van der Waals surface area (Å²) in [6, 6.07) is 52.6. The van der Waals surface area contributed by atoms with Crippen molar-refractivity contribution in [3.8, 4) is 46.0 Å². The Bertz CT molecular complexity index is 3730. The Kier molecular flexibility index (Phi) is 21.9. The number of methoxy groups -OCH3 is 4. The molecular formula is C66H70N12O8. The standard InChI is InChI=1S/C26H26N4O3.C21H24N4O3.C19H20N4O2/c1-31-22-11-8-18(9-12-22)17-33-23-13-10-19(15-24(23)32-2)14-20-16-28-26(30-25(20)27)29-21-6-4-3-5-7-21;1-3-27-19-11-15(10-16-12-24-21(23)25-20(16)22)6-9-18(19)28-13-14-4-7-17(26-2)8-5-14;1-24-16-6-4-14(5-7-16)12-25-17-8-2-13(3-9-17)10-15-11-22-19(21)23-18(15)20/h3-13,15-16H,14,17H2,1-2H3,(H3,27,28,29,30);4-9,11-12H,3,10,13H2,1-2H3,(H4,22,23,24,25);2-9,11H,10,12H2,1H3,(H4,20,21,22,23). The first kappa shape index (κ1) is 61.1. The highest BCUT2D eigenvalue weighted by Crippen LogP contribution is 2.33. The molecule has 0 aliphatic rings. The van der Waals surface area contributed by atoms with Crippen LogP contribution in [0, 0.1) is 0 Å². The summed E-state index contributed by atoms with van der Waals surface area (Å²) in [4.78, 5) is 24.8. The van der Waals surface area contributed by atoms with E-state index >= 15 is 0 Å². The fourth-order valence-electron chi connectivity index (χ4n) is 8.42. The molecule has 0 unspecified atom stereocenters. The van der Waals surface area contributed by atoms with E-state index in [0.29, 0.717) is 92.1 Å². The van der Waals surface area contributed by atoms with Gasteiger partial charge in [0.25, 0.3) is 0 Å². The maximum absolute atomic E-state index is 6.20. The maximum atomic E-state index is 6.20. The molecule has 0 saturated carbocycles. The van der Waals surface area contributed by atoms with Gasteiger partial charge in [-0.15, -0.1) is 0 Å². The van der Waals surface area contributed by atoms with E-state index in [1.54, 1.807) is 47.0 Å². The van der Waals surface area contributed by atoms with Crippen molar-refractivity contribution >= 4 is 41.0 Å². The molecule has 10 rings (SSSR count). The zero-order chi connectivity index (χ0) is 60.6. The molecule has 442 valence electrons. The van der Waals surface area contributed by atoms with Gasteiger partial charge in [0.05, 0.1) is 35.0 Å². The number of nitrogen functional groups attached to an aromatic ring is 5. The molecule has 0 radical (unpaired) electrons. The fourth-order valence-corrected chi connectivity index (χ4v) is 8.42. The molecule has 20 heteroatoms.